The quantitative estimate of drug-likeness (QED) is 0.528. The van der Waals surface area contributed by atoms with Crippen molar-refractivity contribution in [3.8, 4) is 5.69 Å². The normalized spacial score (nSPS) is 13.0. The van der Waals surface area contributed by atoms with Crippen LogP contribution in [0.25, 0.3) is 5.69 Å². The van der Waals surface area contributed by atoms with Crippen LogP contribution in [0.15, 0.2) is 73.1 Å². The van der Waals surface area contributed by atoms with E-state index in [2.05, 4.69) is 10.4 Å². The van der Waals surface area contributed by atoms with Crippen molar-refractivity contribution in [1.29, 1.82) is 0 Å². The lowest BCUT2D eigenvalue weighted by atomic mass is 10.0. The second kappa shape index (κ2) is 7.76. The minimum atomic E-state index is -0.903. The van der Waals surface area contributed by atoms with Gasteiger partial charge in [0.05, 0.1) is 29.6 Å². The van der Waals surface area contributed by atoms with Crippen molar-refractivity contribution in [2.75, 3.05) is 0 Å². The molecular weight excluding hydrogens is 330 g/mol. The number of para-hydroxylation sites is 1. The van der Waals surface area contributed by atoms with Gasteiger partial charge in [-0.1, -0.05) is 48.5 Å². The van der Waals surface area contributed by atoms with Gasteiger partial charge in [-0.05, 0) is 24.6 Å². The molecule has 0 radical (unpaired) electrons. The number of aromatic nitrogens is 2. The highest BCUT2D eigenvalue weighted by atomic mass is 16.3. The molecule has 1 aromatic heterocycles. The van der Waals surface area contributed by atoms with E-state index in [4.69, 9.17) is 0 Å². The fraction of sp³-hybridized carbons (Fsp3) is 0.150. The summed E-state index contributed by atoms with van der Waals surface area (Å²) >= 11 is 0. The third-order valence-corrected chi connectivity index (χ3v) is 4.05. The summed E-state index contributed by atoms with van der Waals surface area (Å²) in [5, 5.41) is 17.0. The van der Waals surface area contributed by atoms with Crippen LogP contribution in [0.1, 0.15) is 28.9 Å². The highest BCUT2D eigenvalue weighted by molar-refractivity contribution is 6.42. The van der Waals surface area contributed by atoms with Crippen molar-refractivity contribution in [3.05, 3.63) is 84.2 Å². The zero-order valence-corrected chi connectivity index (χ0v) is 14.2. The lowest BCUT2D eigenvalue weighted by molar-refractivity contribution is -0.118. The number of rotatable bonds is 6. The molecule has 0 saturated heterocycles. The fourth-order valence-corrected chi connectivity index (χ4v) is 2.58. The van der Waals surface area contributed by atoms with Gasteiger partial charge >= 0.3 is 0 Å². The van der Waals surface area contributed by atoms with E-state index in [1.807, 2.05) is 36.4 Å². The number of nitrogens with zero attached hydrogens (tertiary/aromatic N) is 2. The Bertz CT molecular complexity index is 891. The monoisotopic (exact) mass is 349 g/mol. The van der Waals surface area contributed by atoms with Crippen molar-refractivity contribution in [2.45, 2.75) is 19.1 Å². The summed E-state index contributed by atoms with van der Waals surface area (Å²) in [6, 6.07) is 17.6. The number of nitrogens with one attached hydrogen (secondary N) is 1. The van der Waals surface area contributed by atoms with Crippen LogP contribution in [-0.2, 0) is 4.79 Å². The maximum Gasteiger partial charge on any atom is 0.292 e. The second-order valence-electron chi connectivity index (χ2n) is 5.96. The Hall–Kier alpha value is -3.25. The molecule has 1 heterocycles. The van der Waals surface area contributed by atoms with Gasteiger partial charge in [0.2, 0.25) is 0 Å². The molecule has 2 aromatic carbocycles. The minimum absolute atomic E-state index is 0.188. The third-order valence-electron chi connectivity index (χ3n) is 4.05. The van der Waals surface area contributed by atoms with Crippen molar-refractivity contribution >= 4 is 11.7 Å². The van der Waals surface area contributed by atoms with Crippen LogP contribution in [0.5, 0.6) is 0 Å². The molecule has 6 nitrogen and oxygen atoms in total. The first kappa shape index (κ1) is 17.6. The zero-order chi connectivity index (χ0) is 18.5. The van der Waals surface area contributed by atoms with Crippen LogP contribution in [0.2, 0.25) is 0 Å². The first-order valence-corrected chi connectivity index (χ1v) is 8.24. The molecule has 0 aliphatic carbocycles. The molecule has 0 spiro atoms. The van der Waals surface area contributed by atoms with Gasteiger partial charge in [0.15, 0.2) is 0 Å². The number of Topliss-reactive ketones (excluding diaryl/α,β-unsaturated/α-hetero) is 1. The van der Waals surface area contributed by atoms with Crippen LogP contribution in [0.3, 0.4) is 0 Å². The number of aliphatic hydroxyl groups is 1. The fourth-order valence-electron chi connectivity index (χ4n) is 2.58. The number of ketones is 1. The van der Waals surface area contributed by atoms with Gasteiger partial charge in [0, 0.05) is 6.20 Å². The van der Waals surface area contributed by atoms with E-state index in [1.54, 1.807) is 31.2 Å². The first-order chi connectivity index (χ1) is 12.6. The second-order valence-corrected chi connectivity index (χ2v) is 5.96. The largest absolute Gasteiger partial charge is 0.386 e. The van der Waals surface area contributed by atoms with Gasteiger partial charge in [-0.2, -0.15) is 5.10 Å². The van der Waals surface area contributed by atoms with E-state index in [0.717, 1.165) is 5.69 Å². The standard InChI is InChI=1S/C20H19N3O3/c1-14(18(24)15-8-4-2-5-9-15)22-20(26)19(25)16-12-21-23(13-16)17-10-6-3-7-11-17/h2-14,18,24H,1H3,(H,22,26). The van der Waals surface area contributed by atoms with Crippen LogP contribution in [-0.4, -0.2) is 32.6 Å². The van der Waals surface area contributed by atoms with Crippen LogP contribution >= 0.6 is 0 Å². The van der Waals surface area contributed by atoms with Gasteiger partial charge < -0.3 is 10.4 Å². The van der Waals surface area contributed by atoms with E-state index >= 15 is 0 Å². The van der Waals surface area contributed by atoms with E-state index in [9.17, 15) is 14.7 Å². The van der Waals surface area contributed by atoms with Crippen LogP contribution in [0, 0.1) is 0 Å². The number of amides is 1. The summed E-state index contributed by atoms with van der Waals surface area (Å²) in [6.07, 6.45) is 1.96. The van der Waals surface area contributed by atoms with Crippen molar-refractivity contribution in [1.82, 2.24) is 15.1 Å². The topological polar surface area (TPSA) is 84.2 Å². The Morgan fingerprint density at radius 3 is 2.31 bits per heavy atom. The molecule has 132 valence electrons. The lowest BCUT2D eigenvalue weighted by Gasteiger charge is -2.20. The van der Waals surface area contributed by atoms with Crippen molar-refractivity contribution < 1.29 is 14.7 Å². The Kier molecular flexibility index (Phi) is 5.24. The van der Waals surface area contributed by atoms with Crippen molar-refractivity contribution in [2.24, 2.45) is 0 Å². The zero-order valence-electron chi connectivity index (χ0n) is 14.2. The molecule has 1 amide bonds. The minimum Gasteiger partial charge on any atom is -0.386 e. The van der Waals surface area contributed by atoms with E-state index < -0.39 is 23.8 Å². The number of aliphatic hydroxyl groups excluding tert-OH is 1. The maximum absolute atomic E-state index is 12.3. The summed E-state index contributed by atoms with van der Waals surface area (Å²) in [5.74, 6) is -1.47. The molecule has 3 rings (SSSR count). The molecular formula is C20H19N3O3. The Balaban J connectivity index is 1.66. The van der Waals surface area contributed by atoms with E-state index in [1.165, 1.54) is 17.1 Å². The smallest absolute Gasteiger partial charge is 0.292 e. The Morgan fingerprint density at radius 1 is 1.04 bits per heavy atom. The molecule has 26 heavy (non-hydrogen) atoms. The molecule has 0 bridgehead atoms. The van der Waals surface area contributed by atoms with Crippen molar-refractivity contribution in [3.63, 3.8) is 0 Å². The lowest BCUT2D eigenvalue weighted by Crippen LogP contribution is -2.40. The average molecular weight is 349 g/mol. The van der Waals surface area contributed by atoms with Crippen LogP contribution < -0.4 is 5.32 Å². The Labute approximate surface area is 151 Å². The molecule has 2 N–H and O–H groups in total. The summed E-state index contributed by atoms with van der Waals surface area (Å²) in [7, 11) is 0. The molecule has 0 fully saturated rings. The molecule has 2 atom stereocenters. The van der Waals surface area contributed by atoms with E-state index in [-0.39, 0.29) is 5.56 Å². The summed E-state index contributed by atoms with van der Waals surface area (Å²) < 4.78 is 1.53. The average Bonchev–Trinajstić information content (AvgIpc) is 3.18. The van der Waals surface area contributed by atoms with Gasteiger partial charge in [-0.25, -0.2) is 4.68 Å². The molecule has 0 aliphatic rings. The number of hydrogen-bond acceptors (Lipinski definition) is 4. The number of hydrogen-bond donors (Lipinski definition) is 2. The number of benzene rings is 2. The number of carbonyl (C=O) groups is 2. The molecule has 3 aromatic rings. The summed E-state index contributed by atoms with van der Waals surface area (Å²) in [5.41, 5.74) is 1.65. The number of carbonyl (C=O) groups excluding carboxylic acids is 2. The third kappa shape index (κ3) is 3.87. The van der Waals surface area contributed by atoms with Crippen LogP contribution in [0.4, 0.5) is 0 Å². The van der Waals surface area contributed by atoms with Gasteiger partial charge in [-0.3, -0.25) is 9.59 Å². The van der Waals surface area contributed by atoms with Gasteiger partial charge in [-0.15, -0.1) is 0 Å². The maximum atomic E-state index is 12.3. The SMILES string of the molecule is CC(NC(=O)C(=O)c1cnn(-c2ccccc2)c1)C(O)c1ccccc1. The van der Waals surface area contributed by atoms with Gasteiger partial charge in [0.1, 0.15) is 0 Å². The Morgan fingerprint density at radius 2 is 1.65 bits per heavy atom. The molecule has 2 unspecified atom stereocenters. The highest BCUT2D eigenvalue weighted by Gasteiger charge is 2.24. The first-order valence-electron chi connectivity index (χ1n) is 8.24. The summed E-state index contributed by atoms with van der Waals surface area (Å²) in [4.78, 5) is 24.6. The van der Waals surface area contributed by atoms with E-state index in [0.29, 0.717) is 5.56 Å². The molecule has 0 aliphatic heterocycles. The predicted octanol–water partition coefficient (Wildman–Crippen LogP) is 2.29. The summed E-state index contributed by atoms with van der Waals surface area (Å²) in [6.45, 7) is 1.65. The molecule has 0 saturated carbocycles. The highest BCUT2D eigenvalue weighted by Crippen LogP contribution is 2.16. The molecule has 6 heteroatoms. The van der Waals surface area contributed by atoms with Gasteiger partial charge in [0.25, 0.3) is 11.7 Å². The predicted molar refractivity (Wildman–Crippen MR) is 96.9 cm³/mol.